The summed E-state index contributed by atoms with van der Waals surface area (Å²) in [7, 11) is 0. The highest BCUT2D eigenvalue weighted by Gasteiger charge is 2.32. The monoisotopic (exact) mass is 431 g/mol. The van der Waals surface area contributed by atoms with Gasteiger partial charge in [0.1, 0.15) is 0 Å². The van der Waals surface area contributed by atoms with Crippen LogP contribution in [0.5, 0.6) is 0 Å². The molecule has 1 saturated carbocycles. The smallest absolute Gasteiger partial charge is 0.372 e. The van der Waals surface area contributed by atoms with Crippen LogP contribution in [0, 0.1) is 6.92 Å². The summed E-state index contributed by atoms with van der Waals surface area (Å²) in [5, 5.41) is 3.01. The molecule has 31 heavy (non-hydrogen) atoms. The van der Waals surface area contributed by atoms with Crippen LogP contribution in [0.25, 0.3) is 0 Å². The lowest BCUT2D eigenvalue weighted by Crippen LogP contribution is -2.34. The van der Waals surface area contributed by atoms with Crippen LogP contribution < -0.4 is 10.2 Å². The van der Waals surface area contributed by atoms with Crippen LogP contribution in [0.4, 0.5) is 24.5 Å². The molecule has 1 N–H and O–H groups in total. The van der Waals surface area contributed by atoms with E-state index in [1.807, 2.05) is 17.9 Å². The van der Waals surface area contributed by atoms with Crippen LogP contribution in [0.1, 0.15) is 42.4 Å². The Morgan fingerprint density at radius 2 is 1.77 bits per heavy atom. The zero-order chi connectivity index (χ0) is 22.0. The van der Waals surface area contributed by atoms with Gasteiger partial charge in [0.15, 0.2) is 0 Å². The highest BCUT2D eigenvalue weighted by Crippen LogP contribution is 2.31. The van der Waals surface area contributed by atoms with E-state index >= 15 is 0 Å². The van der Waals surface area contributed by atoms with Crippen molar-refractivity contribution in [3.05, 3.63) is 59.2 Å². The summed E-state index contributed by atoms with van der Waals surface area (Å²) in [5.41, 5.74) is 3.14. The van der Waals surface area contributed by atoms with Crippen molar-refractivity contribution in [1.82, 2.24) is 4.90 Å². The van der Waals surface area contributed by atoms with Gasteiger partial charge in [-0.2, -0.15) is 13.2 Å². The third-order valence-electron chi connectivity index (χ3n) is 6.03. The average molecular weight is 432 g/mol. The van der Waals surface area contributed by atoms with Crippen molar-refractivity contribution in [2.45, 2.75) is 51.4 Å². The van der Waals surface area contributed by atoms with Crippen LogP contribution in [0.15, 0.2) is 42.5 Å². The largest absolute Gasteiger partial charge is 0.416 e. The molecule has 1 saturated heterocycles. The van der Waals surface area contributed by atoms with Crippen LogP contribution in [-0.2, 0) is 17.5 Å². The van der Waals surface area contributed by atoms with Crippen molar-refractivity contribution in [2.24, 2.45) is 0 Å². The molecule has 2 aromatic carbocycles. The summed E-state index contributed by atoms with van der Waals surface area (Å²) >= 11 is 0. The van der Waals surface area contributed by atoms with E-state index in [1.54, 1.807) is 0 Å². The lowest BCUT2D eigenvalue weighted by molar-refractivity contribution is -0.137. The number of carbonyl (C=O) groups is 1. The lowest BCUT2D eigenvalue weighted by atomic mass is 10.1. The maximum absolute atomic E-state index is 12.8. The molecular weight excluding hydrogens is 403 g/mol. The highest BCUT2D eigenvalue weighted by atomic mass is 19.4. The number of alkyl halides is 3. The summed E-state index contributed by atoms with van der Waals surface area (Å²) in [4.78, 5) is 17.1. The van der Waals surface area contributed by atoms with Gasteiger partial charge in [-0.15, -0.1) is 0 Å². The van der Waals surface area contributed by atoms with Crippen LogP contribution >= 0.6 is 0 Å². The molecule has 0 radical (unpaired) electrons. The third kappa shape index (κ3) is 5.58. The van der Waals surface area contributed by atoms with Gasteiger partial charge in [0, 0.05) is 37.1 Å². The highest BCUT2D eigenvalue weighted by molar-refractivity contribution is 5.93. The molecule has 0 unspecified atom stereocenters. The number of hydrogen-bond donors (Lipinski definition) is 1. The van der Waals surface area contributed by atoms with Crippen molar-refractivity contribution in [3.63, 3.8) is 0 Å². The molecule has 2 fully saturated rings. The van der Waals surface area contributed by atoms with Gasteiger partial charge in [0.25, 0.3) is 0 Å². The normalized spacial score (nSPS) is 16.7. The summed E-state index contributed by atoms with van der Waals surface area (Å²) in [6.45, 7) is 4.83. The quantitative estimate of drug-likeness (QED) is 0.653. The summed E-state index contributed by atoms with van der Waals surface area (Å²) < 4.78 is 38.3. The topological polar surface area (TPSA) is 35.6 Å². The number of nitrogens with one attached hydrogen (secondary N) is 1. The van der Waals surface area contributed by atoms with Crippen LogP contribution in [0.3, 0.4) is 0 Å². The molecule has 166 valence electrons. The number of carbonyl (C=O) groups excluding carboxylic acids is 1. The van der Waals surface area contributed by atoms with Crippen LogP contribution in [-0.4, -0.2) is 36.5 Å². The van der Waals surface area contributed by atoms with Crippen molar-refractivity contribution < 1.29 is 18.0 Å². The molecule has 0 spiro atoms. The van der Waals surface area contributed by atoms with Crippen molar-refractivity contribution >= 4 is 17.3 Å². The Balaban J connectivity index is 1.37. The average Bonchev–Trinajstić information content (AvgIpc) is 3.43. The summed E-state index contributed by atoms with van der Waals surface area (Å²) in [6, 6.07) is 11.6. The molecule has 0 bridgehead atoms. The maximum Gasteiger partial charge on any atom is 0.416 e. The van der Waals surface area contributed by atoms with E-state index in [0.29, 0.717) is 12.6 Å². The van der Waals surface area contributed by atoms with E-state index in [-0.39, 0.29) is 12.5 Å². The number of nitrogens with zero attached hydrogens (tertiary/aromatic N) is 2. The fourth-order valence-electron chi connectivity index (χ4n) is 4.12. The first-order valence-electron chi connectivity index (χ1n) is 10.9. The number of hydrogen-bond acceptors (Lipinski definition) is 3. The SMILES string of the molecule is Cc1cc(N2CCCC2)ccc1NC(=O)CN(Cc1ccc(C(F)(F)F)cc1)C1CC1. The van der Waals surface area contributed by atoms with E-state index in [0.717, 1.165) is 54.9 Å². The Morgan fingerprint density at radius 3 is 2.35 bits per heavy atom. The third-order valence-corrected chi connectivity index (χ3v) is 6.03. The van der Waals surface area contributed by atoms with Crippen LogP contribution in [0.2, 0.25) is 0 Å². The molecule has 0 aromatic heterocycles. The maximum atomic E-state index is 12.8. The van der Waals surface area contributed by atoms with Gasteiger partial charge in [-0.25, -0.2) is 0 Å². The molecule has 4 nitrogen and oxygen atoms in total. The predicted octanol–water partition coefficient (Wildman–Crippen LogP) is 5.22. The number of amides is 1. The van der Waals surface area contributed by atoms with E-state index in [4.69, 9.17) is 0 Å². The Hall–Kier alpha value is -2.54. The van der Waals surface area contributed by atoms with Crippen molar-refractivity contribution in [1.29, 1.82) is 0 Å². The predicted molar refractivity (Wildman–Crippen MR) is 116 cm³/mol. The minimum absolute atomic E-state index is 0.101. The first kappa shape index (κ1) is 21.7. The van der Waals surface area contributed by atoms with E-state index in [1.165, 1.54) is 30.7 Å². The number of benzene rings is 2. The Bertz CT molecular complexity index is 917. The number of halogens is 3. The van der Waals surface area contributed by atoms with Gasteiger partial charge in [-0.3, -0.25) is 9.69 Å². The molecule has 4 rings (SSSR count). The first-order chi connectivity index (χ1) is 14.8. The molecule has 0 atom stereocenters. The Morgan fingerprint density at radius 1 is 1.10 bits per heavy atom. The van der Waals surface area contributed by atoms with Crippen molar-refractivity contribution in [3.8, 4) is 0 Å². The zero-order valence-electron chi connectivity index (χ0n) is 17.7. The lowest BCUT2D eigenvalue weighted by Gasteiger charge is -2.23. The summed E-state index contributed by atoms with van der Waals surface area (Å²) in [6.07, 6.45) is 0.118. The minimum Gasteiger partial charge on any atom is -0.372 e. The Labute approximate surface area is 181 Å². The first-order valence-corrected chi connectivity index (χ1v) is 10.9. The van der Waals surface area contributed by atoms with Gasteiger partial charge in [-0.05, 0) is 74.1 Å². The van der Waals surface area contributed by atoms with Gasteiger partial charge >= 0.3 is 6.18 Å². The second-order valence-electron chi connectivity index (χ2n) is 8.57. The Kier molecular flexibility index (Phi) is 6.23. The molecule has 2 aromatic rings. The second kappa shape index (κ2) is 8.91. The minimum atomic E-state index is -4.34. The number of aryl methyl sites for hydroxylation is 1. The number of anilines is 2. The molecular formula is C24H28F3N3O. The summed E-state index contributed by atoms with van der Waals surface area (Å²) in [5.74, 6) is -0.101. The molecule has 1 aliphatic carbocycles. The molecule has 7 heteroatoms. The fourth-order valence-corrected chi connectivity index (χ4v) is 4.12. The molecule has 2 aliphatic rings. The van der Waals surface area contributed by atoms with E-state index in [9.17, 15) is 18.0 Å². The van der Waals surface area contributed by atoms with Gasteiger partial charge in [0.2, 0.25) is 5.91 Å². The van der Waals surface area contributed by atoms with Gasteiger partial charge < -0.3 is 10.2 Å². The molecule has 1 aliphatic heterocycles. The molecule has 1 amide bonds. The number of rotatable bonds is 7. The van der Waals surface area contributed by atoms with Gasteiger partial charge in [-0.1, -0.05) is 12.1 Å². The van der Waals surface area contributed by atoms with Gasteiger partial charge in [0.05, 0.1) is 12.1 Å². The second-order valence-corrected chi connectivity index (χ2v) is 8.57. The van der Waals surface area contributed by atoms with Crippen molar-refractivity contribution in [2.75, 3.05) is 29.9 Å². The molecule has 1 heterocycles. The van der Waals surface area contributed by atoms with E-state index in [2.05, 4.69) is 22.3 Å². The van der Waals surface area contributed by atoms with E-state index < -0.39 is 11.7 Å². The zero-order valence-corrected chi connectivity index (χ0v) is 17.7. The standard InChI is InChI=1S/C24H28F3N3O/c1-17-14-21(29-12-2-3-13-29)10-11-22(17)28-23(31)16-30(20-8-9-20)15-18-4-6-19(7-5-18)24(25,26)27/h4-7,10-11,14,20H,2-3,8-9,12-13,15-16H2,1H3,(H,28,31). The fraction of sp³-hybridized carbons (Fsp3) is 0.458.